The molecule has 0 saturated carbocycles. The Morgan fingerprint density at radius 3 is 2.86 bits per heavy atom. The first-order valence-electron chi connectivity index (χ1n) is 6.82. The fourth-order valence-corrected chi connectivity index (χ4v) is 1.94. The Kier molecular flexibility index (Phi) is 4.77. The minimum absolute atomic E-state index is 0.312. The first-order chi connectivity index (χ1) is 10.1. The summed E-state index contributed by atoms with van der Waals surface area (Å²) < 4.78 is 4.97. The van der Waals surface area contributed by atoms with Gasteiger partial charge in [-0.1, -0.05) is 24.3 Å². The molecule has 3 N–H and O–H groups in total. The summed E-state index contributed by atoms with van der Waals surface area (Å²) in [4.78, 5) is 16.0. The molecule has 0 amide bonds. The van der Waals surface area contributed by atoms with Crippen LogP contribution in [-0.2, 0) is 11.3 Å². The Labute approximate surface area is 124 Å². The van der Waals surface area contributed by atoms with Gasteiger partial charge in [-0.25, -0.2) is 9.78 Å². The molecule has 0 aliphatic carbocycles. The summed E-state index contributed by atoms with van der Waals surface area (Å²) in [6.07, 6.45) is 1.46. The summed E-state index contributed by atoms with van der Waals surface area (Å²) in [6, 6.07) is 9.71. The van der Waals surface area contributed by atoms with Crippen molar-refractivity contribution in [2.75, 3.05) is 17.7 Å². The molecule has 1 aromatic heterocycles. The molecule has 5 nitrogen and oxygen atoms in total. The Morgan fingerprint density at radius 1 is 1.38 bits per heavy atom. The van der Waals surface area contributed by atoms with E-state index in [2.05, 4.69) is 23.3 Å². The molecule has 110 valence electrons. The third-order valence-electron chi connectivity index (χ3n) is 3.15. The Morgan fingerprint density at radius 2 is 2.14 bits per heavy atom. The van der Waals surface area contributed by atoms with E-state index in [1.54, 1.807) is 13.0 Å². The summed E-state index contributed by atoms with van der Waals surface area (Å²) in [5, 5.41) is 3.19. The maximum Gasteiger partial charge on any atom is 0.340 e. The number of pyridine rings is 1. The van der Waals surface area contributed by atoms with Crippen molar-refractivity contribution >= 4 is 17.5 Å². The van der Waals surface area contributed by atoms with Gasteiger partial charge in [0, 0.05) is 6.54 Å². The van der Waals surface area contributed by atoms with E-state index in [-0.39, 0.29) is 0 Å². The Bertz CT molecular complexity index is 641. The van der Waals surface area contributed by atoms with Gasteiger partial charge >= 0.3 is 5.97 Å². The van der Waals surface area contributed by atoms with E-state index >= 15 is 0 Å². The second-order valence-electron chi connectivity index (χ2n) is 4.66. The quantitative estimate of drug-likeness (QED) is 0.826. The molecule has 0 fully saturated rings. The second-order valence-corrected chi connectivity index (χ2v) is 4.66. The Hall–Kier alpha value is -2.56. The standard InChI is InChI=1S/C16H19N3O2/c1-3-21-16(20)13-8-15(19-10-14(13)17)18-9-12-7-5-4-6-11(12)2/h4-8,10H,3,9,17H2,1-2H3,(H,18,19). The number of carbonyl (C=O) groups is 1. The van der Waals surface area contributed by atoms with Gasteiger partial charge in [-0.05, 0) is 31.0 Å². The largest absolute Gasteiger partial charge is 0.462 e. The van der Waals surface area contributed by atoms with Crippen LogP contribution in [0.2, 0.25) is 0 Å². The molecule has 0 aliphatic rings. The van der Waals surface area contributed by atoms with Gasteiger partial charge in [0.1, 0.15) is 5.82 Å². The molecule has 0 spiro atoms. The van der Waals surface area contributed by atoms with Gasteiger partial charge in [0.05, 0.1) is 24.1 Å². The average molecular weight is 285 g/mol. The molecule has 1 aromatic carbocycles. The first kappa shape index (κ1) is 14.8. The van der Waals surface area contributed by atoms with Crippen molar-refractivity contribution in [1.82, 2.24) is 4.98 Å². The summed E-state index contributed by atoms with van der Waals surface area (Å²) in [6.45, 7) is 4.75. The molecular formula is C16H19N3O2. The predicted octanol–water partition coefficient (Wildman–Crippen LogP) is 2.76. The molecule has 0 bridgehead atoms. The monoisotopic (exact) mass is 285 g/mol. The average Bonchev–Trinajstić information content (AvgIpc) is 2.48. The molecule has 2 rings (SSSR count). The fraction of sp³-hybridized carbons (Fsp3) is 0.250. The smallest absolute Gasteiger partial charge is 0.340 e. The van der Waals surface area contributed by atoms with Crippen LogP contribution in [0.4, 0.5) is 11.5 Å². The number of hydrogen-bond acceptors (Lipinski definition) is 5. The first-order valence-corrected chi connectivity index (χ1v) is 6.82. The molecular weight excluding hydrogens is 266 g/mol. The lowest BCUT2D eigenvalue weighted by molar-refractivity contribution is 0.0527. The van der Waals surface area contributed by atoms with E-state index in [9.17, 15) is 4.79 Å². The lowest BCUT2D eigenvalue weighted by Crippen LogP contribution is -2.10. The maximum atomic E-state index is 11.8. The van der Waals surface area contributed by atoms with E-state index in [1.807, 2.05) is 18.2 Å². The molecule has 1 heterocycles. The number of nitrogens with two attached hydrogens (primary N) is 1. The van der Waals surface area contributed by atoms with Gasteiger partial charge in [-0.15, -0.1) is 0 Å². The van der Waals surface area contributed by atoms with E-state index in [4.69, 9.17) is 10.5 Å². The van der Waals surface area contributed by atoms with E-state index < -0.39 is 5.97 Å². The van der Waals surface area contributed by atoms with Crippen molar-refractivity contribution in [3.8, 4) is 0 Å². The number of aryl methyl sites for hydroxylation is 1. The van der Waals surface area contributed by atoms with Crippen LogP contribution in [-0.4, -0.2) is 17.6 Å². The maximum absolute atomic E-state index is 11.8. The molecule has 0 atom stereocenters. The summed E-state index contributed by atoms with van der Waals surface area (Å²) in [5.41, 5.74) is 8.78. The van der Waals surface area contributed by atoms with E-state index in [1.165, 1.54) is 17.3 Å². The lowest BCUT2D eigenvalue weighted by Gasteiger charge is -2.10. The van der Waals surface area contributed by atoms with Gasteiger partial charge < -0.3 is 15.8 Å². The van der Waals surface area contributed by atoms with Crippen LogP contribution in [0.1, 0.15) is 28.4 Å². The number of anilines is 2. The highest BCUT2D eigenvalue weighted by Crippen LogP contribution is 2.17. The van der Waals surface area contributed by atoms with Gasteiger partial charge in [0.25, 0.3) is 0 Å². The van der Waals surface area contributed by atoms with Crippen LogP contribution in [0.5, 0.6) is 0 Å². The third-order valence-corrected chi connectivity index (χ3v) is 3.15. The highest BCUT2D eigenvalue weighted by Gasteiger charge is 2.12. The number of ether oxygens (including phenoxy) is 1. The number of nitrogen functional groups attached to an aromatic ring is 1. The zero-order chi connectivity index (χ0) is 15.2. The number of aromatic nitrogens is 1. The SMILES string of the molecule is CCOC(=O)c1cc(NCc2ccccc2C)ncc1N. The molecule has 0 radical (unpaired) electrons. The van der Waals surface area contributed by atoms with Crippen molar-refractivity contribution in [2.24, 2.45) is 0 Å². The van der Waals surface area contributed by atoms with Gasteiger partial charge in [0.2, 0.25) is 0 Å². The second kappa shape index (κ2) is 6.74. The molecule has 0 saturated heterocycles. The van der Waals surface area contributed by atoms with Crippen molar-refractivity contribution in [2.45, 2.75) is 20.4 Å². The van der Waals surface area contributed by atoms with Crippen LogP contribution in [0.15, 0.2) is 36.5 Å². The number of nitrogens with zero attached hydrogens (tertiary/aromatic N) is 1. The zero-order valence-electron chi connectivity index (χ0n) is 12.2. The van der Waals surface area contributed by atoms with Crippen molar-refractivity contribution < 1.29 is 9.53 Å². The number of nitrogens with one attached hydrogen (secondary N) is 1. The summed E-state index contributed by atoms with van der Waals surface area (Å²) in [5.74, 6) is 0.159. The number of esters is 1. The normalized spacial score (nSPS) is 10.2. The molecule has 5 heteroatoms. The molecule has 0 unspecified atom stereocenters. The Balaban J connectivity index is 2.12. The van der Waals surface area contributed by atoms with Crippen LogP contribution >= 0.6 is 0 Å². The summed E-state index contributed by atoms with van der Waals surface area (Å²) in [7, 11) is 0. The number of benzene rings is 1. The van der Waals surface area contributed by atoms with Crippen LogP contribution in [0.3, 0.4) is 0 Å². The number of carbonyl (C=O) groups excluding carboxylic acids is 1. The third kappa shape index (κ3) is 3.72. The summed E-state index contributed by atoms with van der Waals surface area (Å²) >= 11 is 0. The highest BCUT2D eigenvalue weighted by atomic mass is 16.5. The predicted molar refractivity (Wildman–Crippen MR) is 83.1 cm³/mol. The number of hydrogen-bond donors (Lipinski definition) is 2. The highest BCUT2D eigenvalue weighted by molar-refractivity contribution is 5.95. The number of rotatable bonds is 5. The van der Waals surface area contributed by atoms with Crippen LogP contribution < -0.4 is 11.1 Å². The lowest BCUT2D eigenvalue weighted by atomic mass is 10.1. The molecule has 21 heavy (non-hydrogen) atoms. The zero-order valence-corrected chi connectivity index (χ0v) is 12.2. The van der Waals surface area contributed by atoms with Gasteiger partial charge in [-0.3, -0.25) is 0 Å². The van der Waals surface area contributed by atoms with E-state index in [0.717, 1.165) is 0 Å². The molecule has 0 aliphatic heterocycles. The molecule has 2 aromatic rings. The van der Waals surface area contributed by atoms with Crippen molar-refractivity contribution in [3.63, 3.8) is 0 Å². The minimum atomic E-state index is -0.434. The van der Waals surface area contributed by atoms with E-state index in [0.29, 0.717) is 30.2 Å². The minimum Gasteiger partial charge on any atom is -0.462 e. The topological polar surface area (TPSA) is 77.2 Å². The van der Waals surface area contributed by atoms with Crippen LogP contribution in [0, 0.1) is 6.92 Å². The van der Waals surface area contributed by atoms with Crippen LogP contribution in [0.25, 0.3) is 0 Å². The van der Waals surface area contributed by atoms with Crippen molar-refractivity contribution in [3.05, 3.63) is 53.2 Å². The van der Waals surface area contributed by atoms with Gasteiger partial charge in [0.15, 0.2) is 0 Å². The fourth-order valence-electron chi connectivity index (χ4n) is 1.94. The van der Waals surface area contributed by atoms with Crippen molar-refractivity contribution in [1.29, 1.82) is 0 Å². The van der Waals surface area contributed by atoms with Gasteiger partial charge in [-0.2, -0.15) is 0 Å².